The van der Waals surface area contributed by atoms with Crippen molar-refractivity contribution in [2.75, 3.05) is 19.5 Å². The van der Waals surface area contributed by atoms with Crippen LogP contribution in [0.2, 0.25) is 0 Å². The maximum atomic E-state index is 12.2. The van der Waals surface area contributed by atoms with E-state index < -0.39 is 0 Å². The average molecular weight is 289 g/mol. The first-order chi connectivity index (χ1) is 10.0. The smallest absolute Gasteiger partial charge is 0.230 e. The van der Waals surface area contributed by atoms with E-state index in [0.29, 0.717) is 17.3 Å². The summed E-state index contributed by atoms with van der Waals surface area (Å²) in [5.41, 5.74) is 1.63. The van der Waals surface area contributed by atoms with Gasteiger partial charge in [0.15, 0.2) is 0 Å². The number of methoxy groups -OCH3 is 2. The Balaban J connectivity index is 2.13. The largest absolute Gasteiger partial charge is 0.497 e. The summed E-state index contributed by atoms with van der Waals surface area (Å²) in [6, 6.07) is 7.20. The number of nitrogens with zero attached hydrogens (tertiary/aromatic N) is 2. The van der Waals surface area contributed by atoms with Gasteiger partial charge in [0.25, 0.3) is 0 Å². The Morgan fingerprint density at radius 1 is 1.29 bits per heavy atom. The number of ether oxygens (including phenoxy) is 2. The van der Waals surface area contributed by atoms with Crippen molar-refractivity contribution in [2.45, 2.75) is 13.3 Å². The van der Waals surface area contributed by atoms with Gasteiger partial charge in [0.1, 0.15) is 17.3 Å². The molecule has 2 aromatic rings. The molecule has 2 rings (SSSR count). The van der Waals surface area contributed by atoms with Crippen LogP contribution < -0.4 is 14.8 Å². The fourth-order valence-corrected chi connectivity index (χ4v) is 2.11. The van der Waals surface area contributed by atoms with Crippen LogP contribution in [0.4, 0.5) is 5.82 Å². The lowest BCUT2D eigenvalue weighted by atomic mass is 10.1. The fourth-order valence-electron chi connectivity index (χ4n) is 2.11. The highest BCUT2D eigenvalue weighted by Gasteiger charge is 2.12. The lowest BCUT2D eigenvalue weighted by Gasteiger charge is -2.10. The molecule has 1 aromatic heterocycles. The van der Waals surface area contributed by atoms with Gasteiger partial charge in [-0.3, -0.25) is 9.48 Å². The molecule has 0 radical (unpaired) electrons. The Labute approximate surface area is 123 Å². The number of rotatable bonds is 5. The fraction of sp³-hybridized carbons (Fsp3) is 0.333. The van der Waals surface area contributed by atoms with E-state index in [4.69, 9.17) is 9.47 Å². The molecule has 6 heteroatoms. The van der Waals surface area contributed by atoms with Crippen LogP contribution in [-0.2, 0) is 18.3 Å². The second-order valence-electron chi connectivity index (χ2n) is 4.70. The van der Waals surface area contributed by atoms with Gasteiger partial charge in [0.05, 0.1) is 26.3 Å². The van der Waals surface area contributed by atoms with Crippen molar-refractivity contribution < 1.29 is 14.3 Å². The summed E-state index contributed by atoms with van der Waals surface area (Å²) < 4.78 is 12.1. The highest BCUT2D eigenvalue weighted by Crippen LogP contribution is 2.24. The second-order valence-corrected chi connectivity index (χ2v) is 4.70. The third-order valence-electron chi connectivity index (χ3n) is 3.11. The first-order valence-electron chi connectivity index (χ1n) is 6.55. The first-order valence-corrected chi connectivity index (χ1v) is 6.55. The van der Waals surface area contributed by atoms with Crippen molar-refractivity contribution in [3.05, 3.63) is 35.5 Å². The van der Waals surface area contributed by atoms with Crippen molar-refractivity contribution >= 4 is 11.7 Å². The Morgan fingerprint density at radius 3 is 2.62 bits per heavy atom. The van der Waals surface area contributed by atoms with Gasteiger partial charge in [0, 0.05) is 18.7 Å². The number of aromatic nitrogens is 2. The average Bonchev–Trinajstić information content (AvgIpc) is 2.76. The number of amides is 1. The minimum atomic E-state index is -0.135. The predicted octanol–water partition coefficient (Wildman–Crippen LogP) is 1.93. The molecular weight excluding hydrogens is 270 g/mol. The van der Waals surface area contributed by atoms with E-state index in [1.165, 1.54) is 0 Å². The Kier molecular flexibility index (Phi) is 4.47. The SMILES string of the molecule is COc1ccc(OC)c(CC(=O)Nc2cc(C)nn2C)c1. The van der Waals surface area contributed by atoms with Crippen molar-refractivity contribution in [2.24, 2.45) is 7.05 Å². The maximum absolute atomic E-state index is 12.2. The number of nitrogens with one attached hydrogen (secondary N) is 1. The number of hydrogen-bond donors (Lipinski definition) is 1. The summed E-state index contributed by atoms with van der Waals surface area (Å²) in [5.74, 6) is 1.88. The van der Waals surface area contributed by atoms with E-state index in [1.807, 2.05) is 13.0 Å². The monoisotopic (exact) mass is 289 g/mol. The van der Waals surface area contributed by atoms with Crippen molar-refractivity contribution in [1.82, 2.24) is 9.78 Å². The van der Waals surface area contributed by atoms with Crippen LogP contribution in [0, 0.1) is 6.92 Å². The molecule has 1 aromatic carbocycles. The van der Waals surface area contributed by atoms with Gasteiger partial charge in [-0.25, -0.2) is 0 Å². The Bertz CT molecular complexity index is 650. The molecule has 112 valence electrons. The number of anilines is 1. The van der Waals surface area contributed by atoms with Gasteiger partial charge >= 0.3 is 0 Å². The summed E-state index contributed by atoms with van der Waals surface area (Å²) >= 11 is 0. The standard InChI is InChI=1S/C15H19N3O3/c1-10-7-14(18(2)17-10)16-15(19)9-11-8-12(20-3)5-6-13(11)21-4/h5-8H,9H2,1-4H3,(H,16,19). The van der Waals surface area contributed by atoms with Gasteiger partial charge in [-0.15, -0.1) is 0 Å². The highest BCUT2D eigenvalue weighted by atomic mass is 16.5. The van der Waals surface area contributed by atoms with Gasteiger partial charge in [0.2, 0.25) is 5.91 Å². The van der Waals surface area contributed by atoms with Crippen LogP contribution in [0.3, 0.4) is 0 Å². The molecule has 0 spiro atoms. The van der Waals surface area contributed by atoms with E-state index in [1.54, 1.807) is 44.1 Å². The van der Waals surface area contributed by atoms with E-state index in [2.05, 4.69) is 10.4 Å². The van der Waals surface area contributed by atoms with Crippen molar-refractivity contribution in [3.8, 4) is 11.5 Å². The molecule has 0 aliphatic heterocycles. The molecule has 0 saturated heterocycles. The van der Waals surface area contributed by atoms with Crippen molar-refractivity contribution in [1.29, 1.82) is 0 Å². The molecule has 6 nitrogen and oxygen atoms in total. The summed E-state index contributed by atoms with van der Waals surface area (Å²) in [6.07, 6.45) is 0.199. The number of aryl methyl sites for hydroxylation is 2. The topological polar surface area (TPSA) is 65.4 Å². The summed E-state index contributed by atoms with van der Waals surface area (Å²) in [4.78, 5) is 12.2. The van der Waals surface area contributed by atoms with E-state index in [0.717, 1.165) is 11.3 Å². The quantitative estimate of drug-likeness (QED) is 0.913. The second kappa shape index (κ2) is 6.30. The molecular formula is C15H19N3O3. The number of carbonyl (C=O) groups excluding carboxylic acids is 1. The van der Waals surface area contributed by atoms with E-state index >= 15 is 0 Å². The summed E-state index contributed by atoms with van der Waals surface area (Å²) in [5, 5.41) is 7.02. The summed E-state index contributed by atoms with van der Waals surface area (Å²) in [6.45, 7) is 1.88. The zero-order valence-electron chi connectivity index (χ0n) is 12.6. The van der Waals surface area contributed by atoms with Gasteiger partial charge in [-0.05, 0) is 25.1 Å². The van der Waals surface area contributed by atoms with Crippen LogP contribution in [-0.4, -0.2) is 29.9 Å². The minimum Gasteiger partial charge on any atom is -0.497 e. The molecule has 0 fully saturated rings. The zero-order valence-corrected chi connectivity index (χ0v) is 12.6. The normalized spacial score (nSPS) is 10.3. The third-order valence-corrected chi connectivity index (χ3v) is 3.11. The van der Waals surface area contributed by atoms with Crippen LogP contribution in [0.5, 0.6) is 11.5 Å². The molecule has 0 saturated carbocycles. The predicted molar refractivity (Wildman–Crippen MR) is 79.8 cm³/mol. The molecule has 0 unspecified atom stereocenters. The minimum absolute atomic E-state index is 0.135. The molecule has 21 heavy (non-hydrogen) atoms. The molecule has 0 aliphatic carbocycles. The molecule has 0 atom stereocenters. The lowest BCUT2D eigenvalue weighted by molar-refractivity contribution is -0.115. The molecule has 1 N–H and O–H groups in total. The molecule has 0 aliphatic rings. The zero-order chi connectivity index (χ0) is 15.4. The Hall–Kier alpha value is -2.50. The first kappa shape index (κ1) is 14.9. The van der Waals surface area contributed by atoms with Gasteiger partial charge in [-0.1, -0.05) is 0 Å². The molecule has 1 heterocycles. The number of hydrogen-bond acceptors (Lipinski definition) is 4. The number of carbonyl (C=O) groups is 1. The number of benzene rings is 1. The summed E-state index contributed by atoms with van der Waals surface area (Å²) in [7, 11) is 4.95. The van der Waals surface area contributed by atoms with E-state index in [9.17, 15) is 4.79 Å². The highest BCUT2D eigenvalue weighted by molar-refractivity contribution is 5.92. The van der Waals surface area contributed by atoms with Crippen molar-refractivity contribution in [3.63, 3.8) is 0 Å². The van der Waals surface area contributed by atoms with Crippen LogP contribution in [0.15, 0.2) is 24.3 Å². The van der Waals surface area contributed by atoms with Crippen LogP contribution >= 0.6 is 0 Å². The van der Waals surface area contributed by atoms with Gasteiger partial charge in [-0.2, -0.15) is 5.10 Å². The Morgan fingerprint density at radius 2 is 2.05 bits per heavy atom. The van der Waals surface area contributed by atoms with Crippen LogP contribution in [0.1, 0.15) is 11.3 Å². The lowest BCUT2D eigenvalue weighted by Crippen LogP contribution is -2.17. The van der Waals surface area contributed by atoms with Crippen LogP contribution in [0.25, 0.3) is 0 Å². The third kappa shape index (κ3) is 3.53. The van der Waals surface area contributed by atoms with Gasteiger partial charge < -0.3 is 14.8 Å². The molecule has 1 amide bonds. The molecule has 0 bridgehead atoms. The maximum Gasteiger partial charge on any atom is 0.230 e. The van der Waals surface area contributed by atoms with E-state index in [-0.39, 0.29) is 12.3 Å².